The van der Waals surface area contributed by atoms with Crippen LogP contribution < -0.4 is 5.32 Å². The van der Waals surface area contributed by atoms with Crippen molar-refractivity contribution in [2.75, 3.05) is 0 Å². The number of amides is 1. The molecule has 120 valence electrons. The van der Waals surface area contributed by atoms with Gasteiger partial charge in [-0.25, -0.2) is 0 Å². The van der Waals surface area contributed by atoms with Gasteiger partial charge in [0.2, 0.25) is 5.91 Å². The number of carbonyl (C=O) groups is 2. The van der Waals surface area contributed by atoms with E-state index >= 15 is 0 Å². The van der Waals surface area contributed by atoms with Crippen molar-refractivity contribution in [1.29, 1.82) is 0 Å². The molecule has 1 aliphatic rings. The fourth-order valence-corrected chi connectivity index (χ4v) is 3.20. The van der Waals surface area contributed by atoms with Crippen LogP contribution in [0.1, 0.15) is 44.1 Å². The van der Waals surface area contributed by atoms with E-state index in [2.05, 4.69) is 21.2 Å². The Balaban J connectivity index is 1.99. The molecule has 4 nitrogen and oxygen atoms in total. The van der Waals surface area contributed by atoms with E-state index in [9.17, 15) is 9.59 Å². The summed E-state index contributed by atoms with van der Waals surface area (Å²) in [6.45, 7) is 0. The molecule has 1 unspecified atom stereocenters. The zero-order valence-corrected chi connectivity index (χ0v) is 14.1. The molecule has 0 radical (unpaired) electrons. The minimum absolute atomic E-state index is 0.128. The third-order valence-electron chi connectivity index (χ3n) is 4.14. The second kappa shape index (κ2) is 8.32. The van der Waals surface area contributed by atoms with E-state index in [1.165, 1.54) is 6.42 Å². The third kappa shape index (κ3) is 5.44. The van der Waals surface area contributed by atoms with Gasteiger partial charge in [0.25, 0.3) is 0 Å². The van der Waals surface area contributed by atoms with E-state index < -0.39 is 11.9 Å². The number of halogens is 1. The zero-order valence-electron chi connectivity index (χ0n) is 12.6. The Hall–Kier alpha value is -1.36. The predicted molar refractivity (Wildman–Crippen MR) is 88.6 cm³/mol. The number of hydrogen-bond acceptors (Lipinski definition) is 2. The summed E-state index contributed by atoms with van der Waals surface area (Å²) < 4.78 is 0.970. The summed E-state index contributed by atoms with van der Waals surface area (Å²) in [5.41, 5.74) is 0.980. The van der Waals surface area contributed by atoms with Gasteiger partial charge in [0.05, 0.1) is 12.3 Å². The fraction of sp³-hybridized carbons (Fsp3) is 0.529. The molecule has 0 aromatic heterocycles. The molecule has 0 aliphatic heterocycles. The lowest BCUT2D eigenvalue weighted by atomic mass is 9.92. The summed E-state index contributed by atoms with van der Waals surface area (Å²) in [5, 5.41) is 12.1. The third-order valence-corrected chi connectivity index (χ3v) is 4.67. The van der Waals surface area contributed by atoms with Gasteiger partial charge < -0.3 is 10.4 Å². The molecule has 2 N–H and O–H groups in total. The maximum absolute atomic E-state index is 12.4. The Morgan fingerprint density at radius 1 is 1.18 bits per heavy atom. The van der Waals surface area contributed by atoms with Gasteiger partial charge in [0.15, 0.2) is 0 Å². The first-order valence-corrected chi connectivity index (χ1v) is 8.60. The average molecular weight is 368 g/mol. The monoisotopic (exact) mass is 367 g/mol. The number of benzene rings is 1. The topological polar surface area (TPSA) is 66.4 Å². The van der Waals surface area contributed by atoms with E-state index in [4.69, 9.17) is 5.11 Å². The van der Waals surface area contributed by atoms with Crippen LogP contribution in [0, 0.1) is 5.92 Å². The minimum Gasteiger partial charge on any atom is -0.481 e. The molecule has 1 saturated carbocycles. The van der Waals surface area contributed by atoms with Crippen LogP contribution in [0.4, 0.5) is 0 Å². The maximum atomic E-state index is 12.4. The molecule has 0 spiro atoms. The maximum Gasteiger partial charge on any atom is 0.304 e. The van der Waals surface area contributed by atoms with E-state index in [-0.39, 0.29) is 18.4 Å². The van der Waals surface area contributed by atoms with Crippen molar-refractivity contribution in [3.8, 4) is 0 Å². The van der Waals surface area contributed by atoms with Crippen molar-refractivity contribution in [2.45, 2.75) is 51.0 Å². The second-order valence-electron chi connectivity index (χ2n) is 5.97. The van der Waals surface area contributed by atoms with Gasteiger partial charge in [-0.2, -0.15) is 0 Å². The quantitative estimate of drug-likeness (QED) is 0.807. The van der Waals surface area contributed by atoms with Crippen LogP contribution in [-0.4, -0.2) is 23.0 Å². The fourth-order valence-electron chi connectivity index (χ4n) is 2.94. The normalized spacial score (nSPS) is 17.0. The van der Waals surface area contributed by atoms with Crippen LogP contribution in [0.3, 0.4) is 0 Å². The Morgan fingerprint density at radius 3 is 2.41 bits per heavy atom. The van der Waals surface area contributed by atoms with Crippen molar-refractivity contribution in [3.05, 3.63) is 34.3 Å². The van der Waals surface area contributed by atoms with Crippen LogP contribution in [0.5, 0.6) is 0 Å². The van der Waals surface area contributed by atoms with Gasteiger partial charge in [-0.3, -0.25) is 9.59 Å². The Kier molecular flexibility index (Phi) is 6.43. The molecule has 0 bridgehead atoms. The molecule has 1 aromatic rings. The molecule has 1 fully saturated rings. The van der Waals surface area contributed by atoms with Crippen molar-refractivity contribution in [1.82, 2.24) is 5.32 Å². The average Bonchev–Trinajstić information content (AvgIpc) is 2.49. The summed E-state index contributed by atoms with van der Waals surface area (Å²) in [4.78, 5) is 23.5. The number of carboxylic acid groups (broad SMARTS) is 1. The van der Waals surface area contributed by atoms with E-state index in [0.717, 1.165) is 35.7 Å². The SMILES string of the molecule is O=C(O)CC(Cc1ccc(Br)cc1)C(=O)NC1CCCCC1. The highest BCUT2D eigenvalue weighted by molar-refractivity contribution is 9.10. The highest BCUT2D eigenvalue weighted by Gasteiger charge is 2.25. The Labute approximate surface area is 139 Å². The molecule has 1 aromatic carbocycles. The van der Waals surface area contributed by atoms with Gasteiger partial charge in [-0.15, -0.1) is 0 Å². The lowest BCUT2D eigenvalue weighted by Crippen LogP contribution is -2.41. The Bertz CT molecular complexity index is 509. The molecular formula is C17H22BrNO3. The number of rotatable bonds is 6. The number of carboxylic acids is 1. The second-order valence-corrected chi connectivity index (χ2v) is 6.88. The Morgan fingerprint density at radius 2 is 1.82 bits per heavy atom. The van der Waals surface area contributed by atoms with Gasteiger partial charge in [0.1, 0.15) is 0 Å². The molecule has 22 heavy (non-hydrogen) atoms. The number of carbonyl (C=O) groups excluding carboxylic acids is 1. The summed E-state index contributed by atoms with van der Waals surface area (Å²) in [6, 6.07) is 7.88. The summed E-state index contributed by atoms with van der Waals surface area (Å²) in [6.07, 6.45) is 5.84. The summed E-state index contributed by atoms with van der Waals surface area (Å²) >= 11 is 3.37. The predicted octanol–water partition coefficient (Wildman–Crippen LogP) is 3.53. The first-order valence-electron chi connectivity index (χ1n) is 7.81. The first kappa shape index (κ1) is 17.0. The lowest BCUT2D eigenvalue weighted by Gasteiger charge is -2.25. The van der Waals surface area contributed by atoms with Gasteiger partial charge >= 0.3 is 5.97 Å². The minimum atomic E-state index is -0.930. The van der Waals surface area contributed by atoms with Crippen LogP contribution in [0.15, 0.2) is 28.7 Å². The number of hydrogen-bond donors (Lipinski definition) is 2. The van der Waals surface area contributed by atoms with Gasteiger partial charge in [-0.05, 0) is 37.0 Å². The largest absolute Gasteiger partial charge is 0.481 e. The van der Waals surface area contributed by atoms with E-state index in [1.807, 2.05) is 24.3 Å². The van der Waals surface area contributed by atoms with E-state index in [1.54, 1.807) is 0 Å². The highest BCUT2D eigenvalue weighted by atomic mass is 79.9. The molecular weight excluding hydrogens is 346 g/mol. The van der Waals surface area contributed by atoms with Crippen molar-refractivity contribution >= 4 is 27.8 Å². The lowest BCUT2D eigenvalue weighted by molar-refractivity contribution is -0.141. The highest BCUT2D eigenvalue weighted by Crippen LogP contribution is 2.20. The summed E-state index contributed by atoms with van der Waals surface area (Å²) in [7, 11) is 0. The standard InChI is InChI=1S/C17H22BrNO3/c18-14-8-6-12(7-9-14)10-13(11-16(20)21)17(22)19-15-4-2-1-3-5-15/h6-9,13,15H,1-5,10-11H2,(H,19,22)(H,20,21). The van der Waals surface area contributed by atoms with Crippen molar-refractivity contribution in [3.63, 3.8) is 0 Å². The molecule has 0 saturated heterocycles. The molecule has 1 atom stereocenters. The van der Waals surface area contributed by atoms with Crippen LogP contribution in [0.25, 0.3) is 0 Å². The summed E-state index contributed by atoms with van der Waals surface area (Å²) in [5.74, 6) is -1.57. The van der Waals surface area contributed by atoms with Gasteiger partial charge in [-0.1, -0.05) is 47.3 Å². The number of aliphatic carboxylic acids is 1. The molecule has 1 aliphatic carbocycles. The molecule has 1 amide bonds. The molecule has 5 heteroatoms. The first-order chi connectivity index (χ1) is 10.5. The van der Waals surface area contributed by atoms with Crippen molar-refractivity contribution < 1.29 is 14.7 Å². The zero-order chi connectivity index (χ0) is 15.9. The van der Waals surface area contributed by atoms with Crippen LogP contribution in [-0.2, 0) is 16.0 Å². The van der Waals surface area contributed by atoms with Crippen LogP contribution in [0.2, 0.25) is 0 Å². The molecule has 2 rings (SSSR count). The number of nitrogens with one attached hydrogen (secondary N) is 1. The smallest absolute Gasteiger partial charge is 0.304 e. The van der Waals surface area contributed by atoms with E-state index in [0.29, 0.717) is 6.42 Å². The van der Waals surface area contributed by atoms with Gasteiger partial charge in [0, 0.05) is 10.5 Å². The van der Waals surface area contributed by atoms with Crippen molar-refractivity contribution in [2.24, 2.45) is 5.92 Å². The van der Waals surface area contributed by atoms with Crippen LogP contribution >= 0.6 is 15.9 Å². The molecule has 0 heterocycles.